The summed E-state index contributed by atoms with van der Waals surface area (Å²) in [7, 11) is 0. The minimum absolute atomic E-state index is 0.0575. The zero-order chi connectivity index (χ0) is 15.4. The summed E-state index contributed by atoms with van der Waals surface area (Å²) in [6, 6.07) is 15.8. The van der Waals surface area contributed by atoms with Crippen molar-refractivity contribution in [2.75, 3.05) is 6.61 Å². The summed E-state index contributed by atoms with van der Waals surface area (Å²) in [6.07, 6.45) is 1.81. The standard InChI is InChI=1S/C18H17NO2S/c1-2-21-14-8-9-16-15(10-14)18(20)17(22-16)12-19-11-13-6-4-3-5-7-13/h3-10,12,19H,2,11H2,1H3. The van der Waals surface area contributed by atoms with Gasteiger partial charge in [-0.3, -0.25) is 4.79 Å². The van der Waals surface area contributed by atoms with Crippen LogP contribution >= 0.6 is 11.8 Å². The summed E-state index contributed by atoms with van der Waals surface area (Å²) in [5.74, 6) is 0.802. The topological polar surface area (TPSA) is 38.3 Å². The first-order valence-electron chi connectivity index (χ1n) is 7.25. The molecule has 0 bridgehead atoms. The molecule has 4 heteroatoms. The lowest BCUT2D eigenvalue weighted by molar-refractivity contribution is 0.104. The first-order valence-corrected chi connectivity index (χ1v) is 8.06. The van der Waals surface area contributed by atoms with Gasteiger partial charge in [-0.2, -0.15) is 0 Å². The van der Waals surface area contributed by atoms with E-state index in [-0.39, 0.29) is 5.78 Å². The van der Waals surface area contributed by atoms with Gasteiger partial charge in [-0.1, -0.05) is 42.1 Å². The molecule has 22 heavy (non-hydrogen) atoms. The summed E-state index contributed by atoms with van der Waals surface area (Å²) in [5.41, 5.74) is 1.91. The number of benzene rings is 2. The highest BCUT2D eigenvalue weighted by Crippen LogP contribution is 2.41. The van der Waals surface area contributed by atoms with Gasteiger partial charge in [0.15, 0.2) is 0 Å². The van der Waals surface area contributed by atoms with Gasteiger partial charge in [-0.05, 0) is 30.7 Å². The van der Waals surface area contributed by atoms with Crippen LogP contribution in [0.3, 0.4) is 0 Å². The average Bonchev–Trinajstić information content (AvgIpc) is 2.85. The third-order valence-corrected chi connectivity index (χ3v) is 4.43. The van der Waals surface area contributed by atoms with Crippen molar-refractivity contribution in [3.05, 3.63) is 70.8 Å². The van der Waals surface area contributed by atoms with E-state index in [1.165, 1.54) is 17.3 Å². The molecule has 0 amide bonds. The normalized spacial score (nSPS) is 15.0. The fraction of sp³-hybridized carbons (Fsp3) is 0.167. The Labute approximate surface area is 134 Å². The number of thioether (sulfide) groups is 1. The quantitative estimate of drug-likeness (QED) is 0.847. The predicted octanol–water partition coefficient (Wildman–Crippen LogP) is 4.00. The molecular formula is C18H17NO2S. The molecule has 0 saturated carbocycles. The van der Waals surface area contributed by atoms with Gasteiger partial charge in [-0.15, -0.1) is 0 Å². The lowest BCUT2D eigenvalue weighted by Crippen LogP contribution is -2.07. The maximum absolute atomic E-state index is 12.4. The second kappa shape index (κ2) is 6.71. The zero-order valence-electron chi connectivity index (χ0n) is 12.3. The van der Waals surface area contributed by atoms with E-state index in [0.29, 0.717) is 13.2 Å². The maximum Gasteiger partial charge on any atom is 0.202 e. The monoisotopic (exact) mass is 311 g/mol. The second-order valence-corrected chi connectivity index (χ2v) is 5.98. The third-order valence-electron chi connectivity index (χ3n) is 3.33. The summed E-state index contributed by atoms with van der Waals surface area (Å²) in [4.78, 5) is 14.1. The molecule has 1 N–H and O–H groups in total. The average molecular weight is 311 g/mol. The molecule has 1 aliphatic heterocycles. The van der Waals surface area contributed by atoms with E-state index >= 15 is 0 Å². The molecule has 0 unspecified atom stereocenters. The van der Waals surface area contributed by atoms with Crippen LogP contribution in [0.1, 0.15) is 22.8 Å². The Hall–Kier alpha value is -2.20. The maximum atomic E-state index is 12.4. The molecule has 1 heterocycles. The van der Waals surface area contributed by atoms with Crippen LogP contribution in [0.15, 0.2) is 64.5 Å². The minimum atomic E-state index is 0.0575. The number of carbonyl (C=O) groups is 1. The number of rotatable bonds is 5. The highest BCUT2D eigenvalue weighted by atomic mass is 32.2. The van der Waals surface area contributed by atoms with Gasteiger partial charge in [0.05, 0.1) is 11.5 Å². The van der Waals surface area contributed by atoms with E-state index in [0.717, 1.165) is 21.1 Å². The molecule has 0 spiro atoms. The second-order valence-electron chi connectivity index (χ2n) is 4.90. The van der Waals surface area contributed by atoms with Crippen molar-refractivity contribution in [1.82, 2.24) is 5.32 Å². The molecule has 2 aromatic rings. The highest BCUT2D eigenvalue weighted by Gasteiger charge is 2.26. The number of nitrogens with one attached hydrogen (secondary N) is 1. The van der Waals surface area contributed by atoms with E-state index in [2.05, 4.69) is 17.4 Å². The van der Waals surface area contributed by atoms with Gasteiger partial charge >= 0.3 is 0 Å². The van der Waals surface area contributed by atoms with Crippen molar-refractivity contribution in [1.29, 1.82) is 0 Å². The molecule has 112 valence electrons. The lowest BCUT2D eigenvalue weighted by atomic mass is 10.1. The number of carbonyl (C=O) groups excluding carboxylic acids is 1. The van der Waals surface area contributed by atoms with Crippen molar-refractivity contribution < 1.29 is 9.53 Å². The van der Waals surface area contributed by atoms with Gasteiger partial charge in [0.2, 0.25) is 5.78 Å². The molecule has 2 aromatic carbocycles. The van der Waals surface area contributed by atoms with E-state index < -0.39 is 0 Å². The summed E-state index contributed by atoms with van der Waals surface area (Å²) in [5, 5.41) is 3.21. The molecule has 0 radical (unpaired) electrons. The summed E-state index contributed by atoms with van der Waals surface area (Å²) in [6.45, 7) is 3.24. The van der Waals surface area contributed by atoms with E-state index in [1.54, 1.807) is 6.20 Å². The SMILES string of the molecule is CCOc1ccc2c(c1)C(=O)C(=CNCc1ccccc1)S2. The molecular weight excluding hydrogens is 294 g/mol. The van der Waals surface area contributed by atoms with Gasteiger partial charge < -0.3 is 10.1 Å². The number of hydrogen-bond acceptors (Lipinski definition) is 4. The van der Waals surface area contributed by atoms with Crippen LogP contribution in [0, 0.1) is 0 Å². The first-order chi connectivity index (χ1) is 10.8. The molecule has 0 aromatic heterocycles. The number of Topliss-reactive ketones (excluding diaryl/α,β-unsaturated/α-hetero) is 1. The number of ether oxygens (including phenoxy) is 1. The largest absolute Gasteiger partial charge is 0.494 e. The number of ketones is 1. The molecule has 1 aliphatic rings. The number of fused-ring (bicyclic) bond motifs is 1. The van der Waals surface area contributed by atoms with Crippen molar-refractivity contribution in [3.63, 3.8) is 0 Å². The number of allylic oxidation sites excluding steroid dienone is 1. The predicted molar refractivity (Wildman–Crippen MR) is 89.2 cm³/mol. The minimum Gasteiger partial charge on any atom is -0.494 e. The fourth-order valence-corrected chi connectivity index (χ4v) is 3.26. The van der Waals surface area contributed by atoms with Crippen LogP contribution in [-0.2, 0) is 6.54 Å². The van der Waals surface area contributed by atoms with Crippen molar-refractivity contribution >= 4 is 17.5 Å². The Morgan fingerprint density at radius 3 is 2.77 bits per heavy atom. The van der Waals surface area contributed by atoms with Crippen molar-refractivity contribution in [3.8, 4) is 5.75 Å². The van der Waals surface area contributed by atoms with Gasteiger partial charge in [-0.25, -0.2) is 0 Å². The molecule has 3 nitrogen and oxygen atoms in total. The molecule has 0 atom stereocenters. The Bertz CT molecular complexity index is 710. The highest BCUT2D eigenvalue weighted by molar-refractivity contribution is 8.04. The van der Waals surface area contributed by atoms with Crippen LogP contribution < -0.4 is 10.1 Å². The van der Waals surface area contributed by atoms with E-state index in [9.17, 15) is 4.79 Å². The van der Waals surface area contributed by atoms with E-state index in [4.69, 9.17) is 4.74 Å². The van der Waals surface area contributed by atoms with Crippen LogP contribution in [0.4, 0.5) is 0 Å². The van der Waals surface area contributed by atoms with Crippen molar-refractivity contribution in [2.45, 2.75) is 18.4 Å². The Morgan fingerprint density at radius 1 is 1.18 bits per heavy atom. The Balaban J connectivity index is 1.69. The molecule has 0 aliphatic carbocycles. The zero-order valence-corrected chi connectivity index (χ0v) is 13.2. The Morgan fingerprint density at radius 2 is 2.00 bits per heavy atom. The summed E-state index contributed by atoms with van der Waals surface area (Å²) < 4.78 is 5.46. The van der Waals surface area contributed by atoms with Gasteiger partial charge in [0, 0.05) is 23.2 Å². The van der Waals surface area contributed by atoms with Crippen molar-refractivity contribution in [2.24, 2.45) is 0 Å². The fourth-order valence-electron chi connectivity index (χ4n) is 2.28. The molecule has 0 saturated heterocycles. The van der Waals surface area contributed by atoms with Crippen LogP contribution in [0.2, 0.25) is 0 Å². The Kier molecular flexibility index (Phi) is 4.49. The first kappa shape index (κ1) is 14.7. The summed E-state index contributed by atoms with van der Waals surface area (Å²) >= 11 is 1.50. The number of hydrogen-bond donors (Lipinski definition) is 1. The van der Waals surface area contributed by atoms with E-state index in [1.807, 2.05) is 43.3 Å². The van der Waals surface area contributed by atoms with Crippen LogP contribution in [0.25, 0.3) is 0 Å². The smallest absolute Gasteiger partial charge is 0.202 e. The van der Waals surface area contributed by atoms with Crippen LogP contribution in [-0.4, -0.2) is 12.4 Å². The molecule has 0 fully saturated rings. The molecule has 3 rings (SSSR count). The van der Waals surface area contributed by atoms with Crippen LogP contribution in [0.5, 0.6) is 5.75 Å². The third kappa shape index (κ3) is 3.17. The lowest BCUT2D eigenvalue weighted by Gasteiger charge is -2.03. The van der Waals surface area contributed by atoms with Gasteiger partial charge in [0.25, 0.3) is 0 Å². The van der Waals surface area contributed by atoms with Gasteiger partial charge in [0.1, 0.15) is 5.75 Å².